The second kappa shape index (κ2) is 5.34. The molecule has 2 aromatic rings. The number of hydrogen-bond acceptors (Lipinski definition) is 3. The average molecular weight is 320 g/mol. The van der Waals surface area contributed by atoms with Crippen molar-refractivity contribution in [3.8, 4) is 0 Å². The molecule has 6 nitrogen and oxygen atoms in total. The third-order valence-electron chi connectivity index (χ3n) is 4.33. The van der Waals surface area contributed by atoms with Crippen molar-refractivity contribution in [2.45, 2.75) is 25.4 Å². The molecule has 4 N–H and O–H groups in total. The third kappa shape index (κ3) is 2.92. The quantitative estimate of drug-likeness (QED) is 0.686. The highest BCUT2D eigenvalue weighted by molar-refractivity contribution is 5.98. The number of aromatic nitrogens is 1. The molecule has 1 aromatic carbocycles. The number of halogens is 1. The van der Waals surface area contributed by atoms with Crippen LogP contribution in [0.3, 0.4) is 0 Å². The summed E-state index contributed by atoms with van der Waals surface area (Å²) < 4.78 is 13.4. The van der Waals surface area contributed by atoms with Gasteiger partial charge in [-0.3, -0.25) is 9.59 Å². The second-order valence-electron chi connectivity index (χ2n) is 6.22. The largest absolute Gasteiger partial charge is 0.481 e. The molecule has 1 saturated carbocycles. The van der Waals surface area contributed by atoms with E-state index in [9.17, 15) is 19.1 Å². The van der Waals surface area contributed by atoms with Crippen LogP contribution in [-0.4, -0.2) is 39.2 Å². The van der Waals surface area contributed by atoms with Crippen molar-refractivity contribution in [3.05, 3.63) is 35.3 Å². The lowest BCUT2D eigenvalue weighted by Crippen LogP contribution is -2.54. The predicted octanol–water partition coefficient (Wildman–Crippen LogP) is 1.57. The van der Waals surface area contributed by atoms with Gasteiger partial charge in [-0.05, 0) is 43.5 Å². The number of amides is 1. The minimum atomic E-state index is -1.17. The van der Waals surface area contributed by atoms with Crippen LogP contribution in [0.15, 0.2) is 18.2 Å². The van der Waals surface area contributed by atoms with E-state index in [0.717, 1.165) is 10.9 Å². The van der Waals surface area contributed by atoms with Crippen molar-refractivity contribution < 1.29 is 24.2 Å². The van der Waals surface area contributed by atoms with E-state index in [1.54, 1.807) is 13.0 Å². The number of aryl methyl sites for hydroxylation is 1. The fraction of sp³-hybridized carbons (Fsp3) is 0.375. The molecule has 1 aromatic heterocycles. The Morgan fingerprint density at radius 2 is 2.09 bits per heavy atom. The minimum absolute atomic E-state index is 0.0156. The Balaban J connectivity index is 1.67. The van der Waals surface area contributed by atoms with Crippen molar-refractivity contribution in [3.63, 3.8) is 0 Å². The highest BCUT2D eigenvalue weighted by atomic mass is 19.1. The molecule has 23 heavy (non-hydrogen) atoms. The molecule has 7 heteroatoms. The lowest BCUT2D eigenvalue weighted by molar-refractivity contribution is -0.157. The number of carboxylic acid groups (broad SMARTS) is 1. The Labute approximate surface area is 131 Å². The maximum absolute atomic E-state index is 13.4. The summed E-state index contributed by atoms with van der Waals surface area (Å²) in [6.45, 7) is 1.74. The van der Waals surface area contributed by atoms with Crippen LogP contribution in [0.5, 0.6) is 0 Å². The lowest BCUT2D eigenvalue weighted by atomic mass is 9.71. The highest BCUT2D eigenvalue weighted by Gasteiger charge is 2.46. The van der Waals surface area contributed by atoms with Gasteiger partial charge in [-0.25, -0.2) is 4.39 Å². The van der Waals surface area contributed by atoms with Crippen LogP contribution >= 0.6 is 0 Å². The minimum Gasteiger partial charge on any atom is -0.481 e. The Kier molecular flexibility index (Phi) is 3.60. The second-order valence-corrected chi connectivity index (χ2v) is 6.22. The van der Waals surface area contributed by atoms with Gasteiger partial charge in [0.25, 0.3) is 5.91 Å². The van der Waals surface area contributed by atoms with E-state index in [4.69, 9.17) is 5.11 Å². The van der Waals surface area contributed by atoms with Gasteiger partial charge in [0, 0.05) is 17.4 Å². The third-order valence-corrected chi connectivity index (χ3v) is 4.33. The molecule has 1 aliphatic rings. The molecule has 0 radical (unpaired) electrons. The number of rotatable bonds is 4. The zero-order valence-electron chi connectivity index (χ0n) is 12.5. The lowest BCUT2D eigenvalue weighted by Gasteiger charge is -2.41. The van der Waals surface area contributed by atoms with Crippen LogP contribution in [0.2, 0.25) is 0 Å². The Morgan fingerprint density at radius 1 is 1.39 bits per heavy atom. The smallest absolute Gasteiger partial charge is 0.306 e. The van der Waals surface area contributed by atoms with E-state index in [1.165, 1.54) is 12.1 Å². The number of carbonyl (C=O) groups is 2. The van der Waals surface area contributed by atoms with Crippen molar-refractivity contribution >= 4 is 22.8 Å². The number of fused-ring (bicyclic) bond motifs is 1. The van der Waals surface area contributed by atoms with Crippen LogP contribution in [0, 0.1) is 18.7 Å². The normalized spacial score (nSPS) is 23.5. The van der Waals surface area contributed by atoms with E-state index in [2.05, 4.69) is 10.3 Å². The number of H-pyrrole nitrogens is 1. The van der Waals surface area contributed by atoms with Crippen molar-refractivity contribution in [2.75, 3.05) is 6.54 Å². The van der Waals surface area contributed by atoms with Gasteiger partial charge in [-0.2, -0.15) is 0 Å². The number of carbonyl (C=O) groups excluding carboxylic acids is 1. The topological polar surface area (TPSA) is 102 Å². The van der Waals surface area contributed by atoms with E-state index in [0.29, 0.717) is 5.52 Å². The fourth-order valence-electron chi connectivity index (χ4n) is 3.01. The van der Waals surface area contributed by atoms with Crippen molar-refractivity contribution in [1.29, 1.82) is 0 Å². The SMILES string of the molecule is Cc1cc(F)cc2[nH]c(C(=O)NCC3(O)CC(C(=O)O)C3)cc12. The first kappa shape index (κ1) is 15.5. The summed E-state index contributed by atoms with van der Waals surface area (Å²) in [5.74, 6) is -2.30. The Morgan fingerprint density at radius 3 is 2.74 bits per heavy atom. The molecule has 0 atom stereocenters. The van der Waals surface area contributed by atoms with Gasteiger partial charge in [0.05, 0.1) is 11.5 Å². The Hall–Kier alpha value is -2.41. The molecule has 0 spiro atoms. The van der Waals surface area contributed by atoms with Crippen LogP contribution < -0.4 is 5.32 Å². The first-order valence-electron chi connectivity index (χ1n) is 7.30. The fourth-order valence-corrected chi connectivity index (χ4v) is 3.01. The van der Waals surface area contributed by atoms with Crippen LogP contribution in [0.1, 0.15) is 28.9 Å². The maximum Gasteiger partial charge on any atom is 0.306 e. The monoisotopic (exact) mass is 320 g/mol. The zero-order valence-corrected chi connectivity index (χ0v) is 12.5. The predicted molar refractivity (Wildman–Crippen MR) is 80.6 cm³/mol. The molecule has 0 saturated heterocycles. The number of nitrogens with one attached hydrogen (secondary N) is 2. The molecule has 1 fully saturated rings. The van der Waals surface area contributed by atoms with Gasteiger partial charge >= 0.3 is 5.97 Å². The zero-order chi connectivity index (χ0) is 16.8. The molecule has 1 heterocycles. The summed E-state index contributed by atoms with van der Waals surface area (Å²) in [7, 11) is 0. The molecule has 0 unspecified atom stereocenters. The first-order valence-corrected chi connectivity index (χ1v) is 7.30. The average Bonchev–Trinajstić information content (AvgIpc) is 2.85. The van der Waals surface area contributed by atoms with Crippen LogP contribution in [-0.2, 0) is 4.79 Å². The highest BCUT2D eigenvalue weighted by Crippen LogP contribution is 2.37. The number of carboxylic acids is 1. The summed E-state index contributed by atoms with van der Waals surface area (Å²) in [5.41, 5.74) is 0.344. The number of aromatic amines is 1. The molecule has 0 bridgehead atoms. The summed E-state index contributed by atoms with van der Waals surface area (Å²) in [5, 5.41) is 22.3. The van der Waals surface area contributed by atoms with Gasteiger partial charge in [0.1, 0.15) is 11.5 Å². The molecule has 3 rings (SSSR count). The summed E-state index contributed by atoms with van der Waals surface area (Å²) in [6, 6.07) is 4.33. The number of aliphatic carboxylic acids is 1. The maximum atomic E-state index is 13.4. The van der Waals surface area contributed by atoms with Crippen molar-refractivity contribution in [2.24, 2.45) is 5.92 Å². The van der Waals surface area contributed by atoms with Crippen molar-refractivity contribution in [1.82, 2.24) is 10.3 Å². The van der Waals surface area contributed by atoms with Gasteiger partial charge in [0.15, 0.2) is 0 Å². The molecular formula is C16H17FN2O4. The molecule has 122 valence electrons. The van der Waals surface area contributed by atoms with E-state index < -0.39 is 23.4 Å². The van der Waals surface area contributed by atoms with Crippen LogP contribution in [0.4, 0.5) is 4.39 Å². The van der Waals surface area contributed by atoms with Gasteiger partial charge in [-0.15, -0.1) is 0 Å². The van der Waals surface area contributed by atoms with E-state index in [-0.39, 0.29) is 30.9 Å². The summed E-state index contributed by atoms with van der Waals surface area (Å²) in [4.78, 5) is 25.8. The van der Waals surface area contributed by atoms with Crippen LogP contribution in [0.25, 0.3) is 10.9 Å². The first-order chi connectivity index (χ1) is 10.8. The molecular weight excluding hydrogens is 303 g/mol. The molecule has 1 aliphatic carbocycles. The summed E-state index contributed by atoms with van der Waals surface area (Å²) in [6.07, 6.45) is 0.249. The Bertz CT molecular complexity index is 793. The van der Waals surface area contributed by atoms with Gasteiger partial charge in [-0.1, -0.05) is 0 Å². The summed E-state index contributed by atoms with van der Waals surface area (Å²) >= 11 is 0. The molecule has 1 amide bonds. The van der Waals surface area contributed by atoms with E-state index >= 15 is 0 Å². The number of hydrogen-bond donors (Lipinski definition) is 4. The number of benzene rings is 1. The van der Waals surface area contributed by atoms with E-state index in [1.807, 2.05) is 0 Å². The number of aliphatic hydroxyl groups is 1. The van der Waals surface area contributed by atoms with Gasteiger partial charge < -0.3 is 20.5 Å². The van der Waals surface area contributed by atoms with Gasteiger partial charge in [0.2, 0.25) is 0 Å². The standard InChI is InChI=1S/C16H17FN2O4/c1-8-2-10(17)3-12-11(8)4-13(19-12)14(20)18-7-16(23)5-9(6-16)15(21)22/h2-4,9,19,23H,5-7H2,1H3,(H,18,20)(H,21,22). The molecule has 0 aliphatic heterocycles.